The molecule has 212 valence electrons. The Bertz CT molecular complexity index is 1330. The average Bonchev–Trinajstić information content (AvgIpc) is 2.91. The number of alkyl halides is 3. The van der Waals surface area contributed by atoms with Crippen LogP contribution in [0.5, 0.6) is 11.6 Å². The predicted molar refractivity (Wildman–Crippen MR) is 146 cm³/mol. The largest absolute Gasteiger partial charge is 0.439 e. The first-order valence-corrected chi connectivity index (χ1v) is 12.7. The fourth-order valence-corrected chi connectivity index (χ4v) is 4.07. The van der Waals surface area contributed by atoms with Crippen LogP contribution in [0.3, 0.4) is 0 Å². The summed E-state index contributed by atoms with van der Waals surface area (Å²) in [6, 6.07) is 10.7. The minimum absolute atomic E-state index is 0.00727. The molecule has 2 heterocycles. The zero-order valence-corrected chi connectivity index (χ0v) is 22.0. The number of halogens is 3. The van der Waals surface area contributed by atoms with Crippen molar-refractivity contribution >= 4 is 34.8 Å². The van der Waals surface area contributed by atoms with E-state index in [1.807, 2.05) is 7.05 Å². The summed E-state index contributed by atoms with van der Waals surface area (Å²) in [5.74, 6) is 0.702. The van der Waals surface area contributed by atoms with Gasteiger partial charge in [0.1, 0.15) is 17.9 Å². The van der Waals surface area contributed by atoms with Gasteiger partial charge in [0.2, 0.25) is 11.8 Å². The molecule has 1 aromatic heterocycles. The van der Waals surface area contributed by atoms with Gasteiger partial charge in [-0.1, -0.05) is 6.92 Å². The minimum Gasteiger partial charge on any atom is -0.439 e. The molecule has 13 heteroatoms. The Balaban J connectivity index is 1.36. The van der Waals surface area contributed by atoms with Crippen LogP contribution >= 0.6 is 0 Å². The number of hydrogen-bond donors (Lipinski definition) is 4. The van der Waals surface area contributed by atoms with Gasteiger partial charge in [0.15, 0.2) is 0 Å². The fourth-order valence-electron chi connectivity index (χ4n) is 4.07. The standard InChI is InChI=1S/C27H30F3N7O3/c1-3-24(38)36-23-15-25(32-16-31-23)40-20-7-4-17(5-8-20)34-26(39)35-19-6-9-22(21(14-19)27(28,29)30)33-18-10-12-37(2)13-11-18/h4-9,14-16,18,33H,3,10-13H2,1-2H3,(H2,34,35,39)(H,31,32,36,38). The van der Waals surface area contributed by atoms with E-state index in [4.69, 9.17) is 4.74 Å². The molecule has 10 nitrogen and oxygen atoms in total. The lowest BCUT2D eigenvalue weighted by Gasteiger charge is -2.31. The lowest BCUT2D eigenvalue weighted by atomic mass is 10.0. The van der Waals surface area contributed by atoms with Crippen molar-refractivity contribution in [2.24, 2.45) is 0 Å². The topological polar surface area (TPSA) is 121 Å². The maximum Gasteiger partial charge on any atom is 0.418 e. The highest BCUT2D eigenvalue weighted by Crippen LogP contribution is 2.37. The van der Waals surface area contributed by atoms with E-state index >= 15 is 0 Å². The van der Waals surface area contributed by atoms with Gasteiger partial charge in [-0.25, -0.2) is 14.8 Å². The molecule has 40 heavy (non-hydrogen) atoms. The average molecular weight is 558 g/mol. The molecule has 0 saturated carbocycles. The highest BCUT2D eigenvalue weighted by molar-refractivity contribution is 6.00. The van der Waals surface area contributed by atoms with Crippen LogP contribution in [-0.2, 0) is 11.0 Å². The van der Waals surface area contributed by atoms with Gasteiger partial charge >= 0.3 is 12.2 Å². The number of amides is 3. The van der Waals surface area contributed by atoms with Gasteiger partial charge in [-0.05, 0) is 75.4 Å². The summed E-state index contributed by atoms with van der Waals surface area (Å²) in [5, 5.41) is 10.7. The van der Waals surface area contributed by atoms with Gasteiger partial charge in [-0.3, -0.25) is 4.79 Å². The highest BCUT2D eigenvalue weighted by atomic mass is 19.4. The van der Waals surface area contributed by atoms with Crippen molar-refractivity contribution in [3.8, 4) is 11.6 Å². The smallest absolute Gasteiger partial charge is 0.418 e. The number of likely N-dealkylation sites (tertiary alicyclic amines) is 1. The van der Waals surface area contributed by atoms with Gasteiger partial charge in [0, 0.05) is 35.6 Å². The van der Waals surface area contributed by atoms with Crippen LogP contribution in [0.4, 0.5) is 40.8 Å². The number of carbonyl (C=O) groups excluding carboxylic acids is 2. The molecule has 3 amide bonds. The number of carbonyl (C=O) groups is 2. The predicted octanol–water partition coefficient (Wildman–Crippen LogP) is 5.79. The summed E-state index contributed by atoms with van der Waals surface area (Å²) >= 11 is 0. The summed E-state index contributed by atoms with van der Waals surface area (Å²) in [6.45, 7) is 3.34. The number of benzene rings is 2. The first-order valence-electron chi connectivity index (χ1n) is 12.7. The molecule has 0 bridgehead atoms. The van der Waals surface area contributed by atoms with E-state index in [2.05, 4.69) is 36.1 Å². The Morgan fingerprint density at radius 3 is 2.33 bits per heavy atom. The van der Waals surface area contributed by atoms with Gasteiger partial charge in [-0.2, -0.15) is 13.2 Å². The van der Waals surface area contributed by atoms with E-state index in [0.29, 0.717) is 23.7 Å². The van der Waals surface area contributed by atoms with Crippen LogP contribution in [0, 0.1) is 0 Å². The normalized spacial score (nSPS) is 14.3. The number of nitrogens with one attached hydrogen (secondary N) is 4. The van der Waals surface area contributed by atoms with E-state index in [1.54, 1.807) is 31.2 Å². The van der Waals surface area contributed by atoms with E-state index in [-0.39, 0.29) is 29.2 Å². The van der Waals surface area contributed by atoms with Crippen molar-refractivity contribution in [2.45, 2.75) is 38.4 Å². The quantitative estimate of drug-likeness (QED) is 0.277. The number of piperidine rings is 1. The lowest BCUT2D eigenvalue weighted by molar-refractivity contribution is -0.137. The first kappa shape index (κ1) is 28.6. The second-order valence-corrected chi connectivity index (χ2v) is 9.33. The number of hydrogen-bond acceptors (Lipinski definition) is 7. The summed E-state index contributed by atoms with van der Waals surface area (Å²) in [7, 11) is 1.98. The van der Waals surface area contributed by atoms with Gasteiger partial charge in [0.25, 0.3) is 0 Å². The third-order valence-corrected chi connectivity index (χ3v) is 6.23. The Morgan fingerprint density at radius 2 is 1.65 bits per heavy atom. The second-order valence-electron chi connectivity index (χ2n) is 9.33. The van der Waals surface area contributed by atoms with Crippen LogP contribution in [-0.4, -0.2) is 53.0 Å². The molecule has 0 aliphatic carbocycles. The second kappa shape index (κ2) is 12.6. The van der Waals surface area contributed by atoms with E-state index in [9.17, 15) is 22.8 Å². The van der Waals surface area contributed by atoms with Gasteiger partial charge in [0.05, 0.1) is 5.56 Å². The van der Waals surface area contributed by atoms with Crippen molar-refractivity contribution < 1.29 is 27.5 Å². The molecule has 1 fully saturated rings. The summed E-state index contributed by atoms with van der Waals surface area (Å²) in [6.07, 6.45) is -1.55. The van der Waals surface area contributed by atoms with E-state index in [1.165, 1.54) is 24.5 Å². The molecule has 0 unspecified atom stereocenters. The summed E-state index contributed by atoms with van der Waals surface area (Å²) in [4.78, 5) is 34.1. The van der Waals surface area contributed by atoms with Crippen LogP contribution in [0.25, 0.3) is 0 Å². The number of ether oxygens (including phenoxy) is 1. The molecule has 1 aliphatic rings. The Labute approximate surface area is 229 Å². The molecular weight excluding hydrogens is 527 g/mol. The highest BCUT2D eigenvalue weighted by Gasteiger charge is 2.34. The molecule has 3 aromatic rings. The van der Waals surface area contributed by atoms with Gasteiger partial charge < -0.3 is 30.9 Å². The van der Waals surface area contributed by atoms with Crippen molar-refractivity contribution in [1.29, 1.82) is 0 Å². The SMILES string of the molecule is CCC(=O)Nc1cc(Oc2ccc(NC(=O)Nc3ccc(NC4CCN(C)CC4)c(C(F)(F)F)c3)cc2)ncn1. The van der Waals surface area contributed by atoms with Gasteiger partial charge in [-0.15, -0.1) is 0 Å². The van der Waals surface area contributed by atoms with Crippen molar-refractivity contribution in [3.05, 3.63) is 60.4 Å². The molecule has 4 rings (SSSR count). The molecule has 0 spiro atoms. The molecule has 0 atom stereocenters. The maximum absolute atomic E-state index is 13.8. The lowest BCUT2D eigenvalue weighted by Crippen LogP contribution is -2.37. The van der Waals surface area contributed by atoms with Crippen molar-refractivity contribution in [2.75, 3.05) is 41.4 Å². The van der Waals surface area contributed by atoms with E-state index < -0.39 is 17.8 Å². The van der Waals surface area contributed by atoms with Crippen molar-refractivity contribution in [1.82, 2.24) is 14.9 Å². The number of urea groups is 1. The zero-order valence-electron chi connectivity index (χ0n) is 22.0. The van der Waals surface area contributed by atoms with E-state index in [0.717, 1.165) is 32.0 Å². The number of aromatic nitrogens is 2. The molecule has 0 radical (unpaired) electrons. The molecule has 1 aliphatic heterocycles. The van der Waals surface area contributed by atoms with Crippen molar-refractivity contribution in [3.63, 3.8) is 0 Å². The molecule has 1 saturated heterocycles. The summed E-state index contributed by atoms with van der Waals surface area (Å²) in [5.41, 5.74) is -0.450. The summed E-state index contributed by atoms with van der Waals surface area (Å²) < 4.78 is 47.1. The van der Waals surface area contributed by atoms with Crippen LogP contribution in [0.15, 0.2) is 54.9 Å². The molecule has 2 aromatic carbocycles. The van der Waals surface area contributed by atoms with Crippen LogP contribution in [0.2, 0.25) is 0 Å². The Hall–Kier alpha value is -4.39. The first-order chi connectivity index (χ1) is 19.1. The number of nitrogens with zero attached hydrogens (tertiary/aromatic N) is 3. The zero-order chi connectivity index (χ0) is 28.7. The van der Waals surface area contributed by atoms with Crippen LogP contribution < -0.4 is 26.0 Å². The molecule has 4 N–H and O–H groups in total. The van der Waals surface area contributed by atoms with Crippen LogP contribution in [0.1, 0.15) is 31.7 Å². The monoisotopic (exact) mass is 557 g/mol. The number of anilines is 4. The molecular formula is C27H30F3N7O3. The Kier molecular flexibility index (Phi) is 9.04. The minimum atomic E-state index is -4.59. The third kappa shape index (κ3) is 8.06. The number of rotatable bonds is 8. The third-order valence-electron chi connectivity index (χ3n) is 6.23. The maximum atomic E-state index is 13.8. The Morgan fingerprint density at radius 1 is 0.975 bits per heavy atom. The fraction of sp³-hybridized carbons (Fsp3) is 0.333.